The maximum Gasteiger partial charge on any atom is 0.410 e. The summed E-state index contributed by atoms with van der Waals surface area (Å²) in [6.45, 7) is 4.12. The Bertz CT molecular complexity index is 676. The Labute approximate surface area is 163 Å². The lowest BCUT2D eigenvalue weighted by Gasteiger charge is -2.35. The number of hydrogen-bond donors (Lipinski definition) is 0. The minimum absolute atomic E-state index is 0.0334. The lowest BCUT2D eigenvalue weighted by atomic mass is 10.0. The Hall–Kier alpha value is -2.14. The van der Waals surface area contributed by atoms with Gasteiger partial charge in [-0.3, -0.25) is 4.79 Å². The van der Waals surface area contributed by atoms with Crippen LogP contribution in [-0.4, -0.2) is 29.4 Å². The summed E-state index contributed by atoms with van der Waals surface area (Å²) in [5.74, 6) is 0.0530. The lowest BCUT2D eigenvalue weighted by molar-refractivity contribution is -0.119. The van der Waals surface area contributed by atoms with E-state index in [1.807, 2.05) is 67.6 Å². The third-order valence-corrected chi connectivity index (χ3v) is 4.72. The van der Waals surface area contributed by atoms with Crippen LogP contribution in [-0.2, 0) is 9.53 Å². The van der Waals surface area contributed by atoms with Crippen LogP contribution < -0.4 is 0 Å². The molecule has 1 saturated heterocycles. The van der Waals surface area contributed by atoms with E-state index in [4.69, 9.17) is 4.74 Å². The van der Waals surface area contributed by atoms with Crippen LogP contribution >= 0.6 is 15.9 Å². The van der Waals surface area contributed by atoms with Gasteiger partial charge in [-0.15, -0.1) is 0 Å². The van der Waals surface area contributed by atoms with Gasteiger partial charge < -0.3 is 9.64 Å². The first kappa shape index (κ1) is 20.2. The molecule has 3 rings (SSSR count). The van der Waals surface area contributed by atoms with Crippen molar-refractivity contribution in [1.82, 2.24) is 4.90 Å². The van der Waals surface area contributed by atoms with Crippen molar-refractivity contribution in [3.63, 3.8) is 0 Å². The Balaban J connectivity index is 0.000000342. The summed E-state index contributed by atoms with van der Waals surface area (Å²) in [6.07, 6.45) is 0.407. The number of ketones is 1. The number of amides is 1. The first-order chi connectivity index (χ1) is 12.5. The molecule has 0 radical (unpaired) electrons. The molecule has 0 spiro atoms. The summed E-state index contributed by atoms with van der Waals surface area (Å²) in [5.41, 5.74) is 1.06. The zero-order valence-electron chi connectivity index (χ0n) is 15.1. The molecule has 0 N–H and O–H groups in total. The van der Waals surface area contributed by atoms with Gasteiger partial charge in [0.05, 0.1) is 6.04 Å². The van der Waals surface area contributed by atoms with Crippen LogP contribution in [0.15, 0.2) is 65.1 Å². The zero-order chi connectivity index (χ0) is 18.9. The number of nitrogens with zero attached hydrogens (tertiary/aromatic N) is 1. The number of cyclic esters (lactones) is 1. The molecule has 2 atom stereocenters. The fraction of sp³-hybridized carbons (Fsp3) is 0.333. The van der Waals surface area contributed by atoms with Crippen molar-refractivity contribution in [3.8, 4) is 0 Å². The molecule has 1 heterocycles. The quantitative estimate of drug-likeness (QED) is 0.669. The molecule has 1 aliphatic rings. The number of benzene rings is 2. The average molecular weight is 418 g/mol. The van der Waals surface area contributed by atoms with E-state index in [0.29, 0.717) is 19.4 Å². The summed E-state index contributed by atoms with van der Waals surface area (Å²) in [7, 11) is 0. The number of Topliss-reactive ketones (excluding diaryl/α,β-unsaturated/α-hetero) is 1. The van der Waals surface area contributed by atoms with Gasteiger partial charge in [-0.05, 0) is 31.5 Å². The van der Waals surface area contributed by atoms with Crippen LogP contribution in [0.2, 0.25) is 0 Å². The molecule has 5 heteroatoms. The summed E-state index contributed by atoms with van der Waals surface area (Å²) < 4.78 is 6.34. The highest BCUT2D eigenvalue weighted by atomic mass is 79.9. The molecule has 0 saturated carbocycles. The van der Waals surface area contributed by atoms with Crippen molar-refractivity contribution in [2.75, 3.05) is 6.54 Å². The van der Waals surface area contributed by atoms with Crippen LogP contribution in [0.25, 0.3) is 0 Å². The van der Waals surface area contributed by atoms with Crippen LogP contribution in [0.1, 0.15) is 38.3 Å². The van der Waals surface area contributed by atoms with Crippen LogP contribution in [0.4, 0.5) is 4.79 Å². The molecule has 2 aromatic rings. The molecule has 138 valence electrons. The number of carbonyl (C=O) groups is 2. The second kappa shape index (κ2) is 10.1. The predicted molar refractivity (Wildman–Crippen MR) is 106 cm³/mol. The van der Waals surface area contributed by atoms with Crippen molar-refractivity contribution >= 4 is 27.8 Å². The second-order valence-electron chi connectivity index (χ2n) is 6.28. The maximum atomic E-state index is 12.1. The summed E-state index contributed by atoms with van der Waals surface area (Å²) in [5, 5.41) is 0. The highest BCUT2D eigenvalue weighted by Crippen LogP contribution is 2.27. The normalized spacial score (nSPS) is 17.6. The fourth-order valence-corrected chi connectivity index (χ4v) is 3.03. The Morgan fingerprint density at radius 1 is 1.15 bits per heavy atom. The van der Waals surface area contributed by atoms with Crippen molar-refractivity contribution in [2.24, 2.45) is 0 Å². The third kappa shape index (κ3) is 6.30. The number of hydrogen-bond acceptors (Lipinski definition) is 3. The molecule has 4 nitrogen and oxygen atoms in total. The number of halogens is 1. The molecule has 1 aliphatic heterocycles. The van der Waals surface area contributed by atoms with E-state index < -0.39 is 0 Å². The second-order valence-corrected chi connectivity index (χ2v) is 7.19. The van der Waals surface area contributed by atoms with Gasteiger partial charge in [-0.25, -0.2) is 4.79 Å². The molecule has 26 heavy (non-hydrogen) atoms. The van der Waals surface area contributed by atoms with Gasteiger partial charge in [0.15, 0.2) is 0 Å². The minimum Gasteiger partial charge on any atom is -0.446 e. The molecule has 2 unspecified atom stereocenters. The largest absolute Gasteiger partial charge is 0.446 e. The molecule has 0 aliphatic carbocycles. The van der Waals surface area contributed by atoms with Crippen molar-refractivity contribution < 1.29 is 14.3 Å². The monoisotopic (exact) mass is 417 g/mol. The summed E-state index contributed by atoms with van der Waals surface area (Å²) in [4.78, 5) is 24.8. The Morgan fingerprint density at radius 3 is 2.15 bits per heavy atom. The van der Waals surface area contributed by atoms with E-state index in [9.17, 15) is 9.59 Å². The average Bonchev–Trinajstić information content (AvgIpc) is 2.63. The van der Waals surface area contributed by atoms with Gasteiger partial charge in [0, 0.05) is 23.9 Å². The highest BCUT2D eigenvalue weighted by Gasteiger charge is 2.31. The van der Waals surface area contributed by atoms with Crippen LogP contribution in [0.3, 0.4) is 0 Å². The smallest absolute Gasteiger partial charge is 0.410 e. The molecule has 0 aromatic heterocycles. The highest BCUT2D eigenvalue weighted by molar-refractivity contribution is 9.10. The SMILES string of the molecule is CC(=O)CC1CCN(C(C)c2ccc(Br)cc2)C(=O)O1.c1ccccc1. The van der Waals surface area contributed by atoms with Crippen LogP contribution in [0.5, 0.6) is 0 Å². The maximum absolute atomic E-state index is 12.1. The number of rotatable bonds is 4. The molecule has 1 fully saturated rings. The van der Waals surface area contributed by atoms with E-state index in [1.165, 1.54) is 6.92 Å². The van der Waals surface area contributed by atoms with E-state index in [1.54, 1.807) is 4.90 Å². The Kier molecular flexibility index (Phi) is 7.85. The van der Waals surface area contributed by atoms with Crippen molar-refractivity contribution in [3.05, 3.63) is 70.7 Å². The van der Waals surface area contributed by atoms with Crippen molar-refractivity contribution in [1.29, 1.82) is 0 Å². The summed E-state index contributed by atoms with van der Waals surface area (Å²) in [6, 6.07) is 19.9. The van der Waals surface area contributed by atoms with Gasteiger partial charge in [0.2, 0.25) is 0 Å². The van der Waals surface area contributed by atoms with Gasteiger partial charge in [-0.2, -0.15) is 0 Å². The standard InChI is InChI=1S/C15H18BrNO3.C6H6/c1-10(18)9-14-7-8-17(15(19)20-14)11(2)12-3-5-13(16)6-4-12;1-2-4-6-5-3-1/h3-6,11,14H,7-9H2,1-2H3;1-6H. The van der Waals surface area contributed by atoms with Crippen LogP contribution in [0, 0.1) is 0 Å². The predicted octanol–water partition coefficient (Wildman–Crippen LogP) is 5.39. The number of carbonyl (C=O) groups excluding carboxylic acids is 2. The van der Waals surface area contributed by atoms with Gasteiger partial charge >= 0.3 is 6.09 Å². The first-order valence-corrected chi connectivity index (χ1v) is 9.49. The van der Waals surface area contributed by atoms with E-state index in [0.717, 1.165) is 10.0 Å². The molecule has 0 bridgehead atoms. The fourth-order valence-electron chi connectivity index (χ4n) is 2.77. The van der Waals surface area contributed by atoms with E-state index in [-0.39, 0.29) is 24.0 Å². The van der Waals surface area contributed by atoms with Gasteiger partial charge in [0.1, 0.15) is 11.9 Å². The zero-order valence-corrected chi connectivity index (χ0v) is 16.7. The lowest BCUT2D eigenvalue weighted by Crippen LogP contribution is -2.43. The topological polar surface area (TPSA) is 46.6 Å². The molecular weight excluding hydrogens is 394 g/mol. The molecule has 1 amide bonds. The molecular formula is C21H24BrNO3. The van der Waals surface area contributed by atoms with Gasteiger partial charge in [0.25, 0.3) is 0 Å². The number of ether oxygens (including phenoxy) is 1. The third-order valence-electron chi connectivity index (χ3n) is 4.20. The first-order valence-electron chi connectivity index (χ1n) is 8.69. The minimum atomic E-state index is -0.335. The summed E-state index contributed by atoms with van der Waals surface area (Å²) >= 11 is 3.40. The Morgan fingerprint density at radius 2 is 1.69 bits per heavy atom. The van der Waals surface area contributed by atoms with Gasteiger partial charge in [-0.1, -0.05) is 64.5 Å². The van der Waals surface area contributed by atoms with E-state index in [2.05, 4.69) is 15.9 Å². The van der Waals surface area contributed by atoms with E-state index >= 15 is 0 Å². The van der Waals surface area contributed by atoms with Crippen molar-refractivity contribution in [2.45, 2.75) is 38.8 Å². The molecule has 2 aromatic carbocycles.